The normalized spacial score (nSPS) is 55.8. The van der Waals surface area contributed by atoms with Crippen LogP contribution < -0.4 is 0 Å². The summed E-state index contributed by atoms with van der Waals surface area (Å²) in [4.78, 5) is 0. The number of fused-ring (bicyclic) bond motifs is 2. The van der Waals surface area contributed by atoms with Crippen molar-refractivity contribution in [1.82, 2.24) is 0 Å². The van der Waals surface area contributed by atoms with Crippen LogP contribution in [0.15, 0.2) is 12.2 Å². The average molecular weight is 238 g/mol. The van der Waals surface area contributed by atoms with E-state index in [1.807, 2.05) is 0 Å². The van der Waals surface area contributed by atoms with Crippen LogP contribution in [0.1, 0.15) is 12.8 Å². The van der Waals surface area contributed by atoms with E-state index in [1.165, 1.54) is 0 Å². The molecular formula is C10H11Cl3. The van der Waals surface area contributed by atoms with E-state index in [0.29, 0.717) is 23.7 Å². The quantitative estimate of drug-likeness (QED) is 0.446. The molecule has 0 saturated heterocycles. The Morgan fingerprint density at radius 3 is 2.54 bits per heavy atom. The predicted molar refractivity (Wildman–Crippen MR) is 56.4 cm³/mol. The number of alkyl halides is 3. The van der Waals surface area contributed by atoms with Crippen LogP contribution in [0.3, 0.4) is 0 Å². The van der Waals surface area contributed by atoms with Gasteiger partial charge in [-0.2, -0.15) is 0 Å². The van der Waals surface area contributed by atoms with Crippen LogP contribution in [-0.2, 0) is 0 Å². The Kier molecular flexibility index (Phi) is 1.77. The first kappa shape index (κ1) is 8.88. The van der Waals surface area contributed by atoms with Gasteiger partial charge in [0.25, 0.3) is 0 Å². The van der Waals surface area contributed by atoms with Gasteiger partial charge in [-0.05, 0) is 36.5 Å². The summed E-state index contributed by atoms with van der Waals surface area (Å²) >= 11 is 18.5. The van der Waals surface area contributed by atoms with Crippen molar-refractivity contribution in [3.63, 3.8) is 0 Å². The van der Waals surface area contributed by atoms with E-state index in [0.717, 1.165) is 12.8 Å². The lowest BCUT2D eigenvalue weighted by atomic mass is 9.81. The minimum Gasteiger partial charge on any atom is -0.118 e. The second-order valence-electron chi connectivity index (χ2n) is 4.52. The Hall–Kier alpha value is 0.610. The SMILES string of the molecule is ClC1C=CC2CC3C(CC12)C3(Cl)Cl. The lowest BCUT2D eigenvalue weighted by Crippen LogP contribution is -2.21. The average Bonchev–Trinajstić information content (AvgIpc) is 2.46. The van der Waals surface area contributed by atoms with Gasteiger partial charge in [0.2, 0.25) is 0 Å². The maximum atomic E-state index is 6.19. The molecule has 72 valence electrons. The molecule has 0 N–H and O–H groups in total. The fraction of sp³-hybridized carbons (Fsp3) is 0.800. The molecule has 0 aromatic carbocycles. The van der Waals surface area contributed by atoms with Crippen molar-refractivity contribution in [2.75, 3.05) is 0 Å². The molecule has 5 unspecified atom stereocenters. The Morgan fingerprint density at radius 2 is 1.77 bits per heavy atom. The van der Waals surface area contributed by atoms with Crippen LogP contribution in [0, 0.1) is 23.7 Å². The van der Waals surface area contributed by atoms with E-state index in [4.69, 9.17) is 34.8 Å². The molecule has 0 bridgehead atoms. The van der Waals surface area contributed by atoms with Gasteiger partial charge in [-0.25, -0.2) is 0 Å². The molecule has 13 heavy (non-hydrogen) atoms. The van der Waals surface area contributed by atoms with Gasteiger partial charge in [0, 0.05) is 0 Å². The number of hydrogen-bond acceptors (Lipinski definition) is 0. The highest BCUT2D eigenvalue weighted by molar-refractivity contribution is 6.51. The third kappa shape index (κ3) is 1.12. The number of rotatable bonds is 0. The molecule has 5 atom stereocenters. The highest BCUT2D eigenvalue weighted by atomic mass is 35.5. The third-order valence-electron chi connectivity index (χ3n) is 3.92. The van der Waals surface area contributed by atoms with Gasteiger partial charge < -0.3 is 0 Å². The molecule has 0 aromatic heterocycles. The summed E-state index contributed by atoms with van der Waals surface area (Å²) in [6, 6.07) is 0. The molecule has 0 spiro atoms. The lowest BCUT2D eigenvalue weighted by molar-refractivity contribution is 0.294. The van der Waals surface area contributed by atoms with Crippen LogP contribution in [0.2, 0.25) is 0 Å². The molecule has 3 rings (SSSR count). The van der Waals surface area contributed by atoms with Gasteiger partial charge >= 0.3 is 0 Å². The molecule has 3 aliphatic rings. The second-order valence-corrected chi connectivity index (χ2v) is 6.46. The van der Waals surface area contributed by atoms with E-state index in [9.17, 15) is 0 Å². The molecular weight excluding hydrogens is 226 g/mol. The predicted octanol–water partition coefficient (Wildman–Crippen LogP) is 3.61. The number of hydrogen-bond donors (Lipinski definition) is 0. The van der Waals surface area contributed by atoms with Crippen molar-refractivity contribution < 1.29 is 0 Å². The van der Waals surface area contributed by atoms with Crippen molar-refractivity contribution >= 4 is 34.8 Å². The summed E-state index contributed by atoms with van der Waals surface area (Å²) in [5.74, 6) is 2.28. The third-order valence-corrected chi connectivity index (χ3v) is 5.51. The van der Waals surface area contributed by atoms with Gasteiger partial charge in [0.15, 0.2) is 0 Å². The molecule has 0 nitrogen and oxygen atoms in total. The fourth-order valence-corrected chi connectivity index (χ4v) is 4.23. The molecule has 2 fully saturated rings. The Bertz CT molecular complexity index is 271. The van der Waals surface area contributed by atoms with Crippen LogP contribution >= 0.6 is 34.8 Å². The van der Waals surface area contributed by atoms with Crippen molar-refractivity contribution in [1.29, 1.82) is 0 Å². The number of allylic oxidation sites excluding steroid dienone is 2. The van der Waals surface area contributed by atoms with Gasteiger partial charge in [0.1, 0.15) is 4.33 Å². The monoisotopic (exact) mass is 236 g/mol. The summed E-state index contributed by atoms with van der Waals surface area (Å²) in [5.41, 5.74) is 0. The maximum Gasteiger partial charge on any atom is 0.124 e. The molecule has 0 heterocycles. The molecule has 3 heteroatoms. The van der Waals surface area contributed by atoms with Crippen LogP contribution in [0.5, 0.6) is 0 Å². The van der Waals surface area contributed by atoms with Crippen molar-refractivity contribution in [2.24, 2.45) is 23.7 Å². The first-order valence-electron chi connectivity index (χ1n) is 4.81. The summed E-state index contributed by atoms with van der Waals surface area (Å²) in [6.07, 6.45) is 6.64. The maximum absolute atomic E-state index is 6.19. The Morgan fingerprint density at radius 1 is 1.08 bits per heavy atom. The van der Waals surface area contributed by atoms with Gasteiger partial charge in [-0.15, -0.1) is 34.8 Å². The molecule has 0 radical (unpaired) electrons. The first-order chi connectivity index (χ1) is 6.10. The van der Waals surface area contributed by atoms with Crippen LogP contribution in [0.25, 0.3) is 0 Å². The number of halogens is 3. The second kappa shape index (κ2) is 2.59. The van der Waals surface area contributed by atoms with Crippen molar-refractivity contribution in [3.05, 3.63) is 12.2 Å². The van der Waals surface area contributed by atoms with Crippen LogP contribution in [0.4, 0.5) is 0 Å². The van der Waals surface area contributed by atoms with Crippen molar-refractivity contribution in [2.45, 2.75) is 22.6 Å². The highest BCUT2D eigenvalue weighted by Crippen LogP contribution is 2.68. The van der Waals surface area contributed by atoms with Crippen molar-refractivity contribution in [3.8, 4) is 0 Å². The molecule has 2 saturated carbocycles. The van der Waals surface area contributed by atoms with Crippen LogP contribution in [-0.4, -0.2) is 9.71 Å². The topological polar surface area (TPSA) is 0 Å². The smallest absolute Gasteiger partial charge is 0.118 e. The van der Waals surface area contributed by atoms with Gasteiger partial charge in [-0.1, -0.05) is 12.2 Å². The zero-order valence-electron chi connectivity index (χ0n) is 7.09. The van der Waals surface area contributed by atoms with E-state index >= 15 is 0 Å². The molecule has 0 aliphatic heterocycles. The van der Waals surface area contributed by atoms with E-state index in [2.05, 4.69) is 12.2 Å². The molecule has 0 amide bonds. The summed E-state index contributed by atoms with van der Waals surface area (Å²) < 4.78 is -0.422. The molecule has 3 aliphatic carbocycles. The zero-order chi connectivity index (χ0) is 9.22. The Balaban J connectivity index is 1.82. The van der Waals surface area contributed by atoms with E-state index < -0.39 is 4.33 Å². The Labute approximate surface area is 93.2 Å². The standard InChI is InChI=1S/C10H11Cl3/c11-9-2-1-5-3-7-8(4-6(5)9)10(7,12)13/h1-2,5-9H,3-4H2. The summed E-state index contributed by atoms with van der Waals surface area (Å²) in [7, 11) is 0. The summed E-state index contributed by atoms with van der Waals surface area (Å²) in [6.45, 7) is 0. The molecule has 0 aromatic rings. The first-order valence-corrected chi connectivity index (χ1v) is 6.00. The minimum atomic E-state index is -0.422. The van der Waals surface area contributed by atoms with E-state index in [1.54, 1.807) is 0 Å². The van der Waals surface area contributed by atoms with E-state index in [-0.39, 0.29) is 5.38 Å². The lowest BCUT2D eigenvalue weighted by Gasteiger charge is -2.25. The minimum absolute atomic E-state index is 0.218. The largest absolute Gasteiger partial charge is 0.124 e. The zero-order valence-corrected chi connectivity index (χ0v) is 9.36. The fourth-order valence-electron chi connectivity index (χ4n) is 3.02. The summed E-state index contributed by atoms with van der Waals surface area (Å²) in [5, 5.41) is 0.218. The van der Waals surface area contributed by atoms with Gasteiger partial charge in [0.05, 0.1) is 5.38 Å². The highest BCUT2D eigenvalue weighted by Gasteiger charge is 2.66. The van der Waals surface area contributed by atoms with Gasteiger partial charge in [-0.3, -0.25) is 0 Å².